The summed E-state index contributed by atoms with van der Waals surface area (Å²) in [5.41, 5.74) is 1.11. The Hall–Kier alpha value is -1.60. The fourth-order valence-corrected chi connectivity index (χ4v) is 4.32. The summed E-state index contributed by atoms with van der Waals surface area (Å²) in [7, 11) is -3.15. The first-order valence-corrected chi connectivity index (χ1v) is 10.7. The van der Waals surface area contributed by atoms with Crippen molar-refractivity contribution >= 4 is 15.9 Å². The number of ether oxygens (including phenoxy) is 1. The highest BCUT2D eigenvalue weighted by molar-refractivity contribution is 7.90. The van der Waals surface area contributed by atoms with Crippen LogP contribution in [0.25, 0.3) is 0 Å². The second-order valence-electron chi connectivity index (χ2n) is 6.97. The molecule has 2 aliphatic rings. The van der Waals surface area contributed by atoms with Gasteiger partial charge < -0.3 is 4.74 Å². The van der Waals surface area contributed by atoms with Gasteiger partial charge in [0.25, 0.3) is 0 Å². The van der Waals surface area contributed by atoms with E-state index in [1.165, 1.54) is 6.26 Å². The van der Waals surface area contributed by atoms with Crippen molar-refractivity contribution in [1.29, 1.82) is 0 Å². The van der Waals surface area contributed by atoms with Crippen LogP contribution < -0.4 is 0 Å². The van der Waals surface area contributed by atoms with Crippen molar-refractivity contribution in [3.05, 3.63) is 29.8 Å². The van der Waals surface area contributed by atoms with Gasteiger partial charge in [0.1, 0.15) is 6.61 Å². The van der Waals surface area contributed by atoms with Crippen LogP contribution in [-0.4, -0.2) is 62.3 Å². The number of sulfone groups is 1. The van der Waals surface area contributed by atoms with Crippen LogP contribution in [0.3, 0.4) is 0 Å². The Kier molecular flexibility index (Phi) is 5.34. The molecule has 2 saturated heterocycles. The lowest BCUT2D eigenvalue weighted by Crippen LogP contribution is -2.48. The molecule has 3 rings (SSSR count). The quantitative estimate of drug-likeness (QED) is 0.800. The van der Waals surface area contributed by atoms with Gasteiger partial charge in [-0.3, -0.25) is 9.80 Å². The third-order valence-electron chi connectivity index (χ3n) is 5.18. The second-order valence-corrected chi connectivity index (χ2v) is 8.99. The predicted molar refractivity (Wildman–Crippen MR) is 95.1 cm³/mol. The summed E-state index contributed by atoms with van der Waals surface area (Å²) in [4.78, 5) is 16.6. The number of rotatable bonds is 5. The van der Waals surface area contributed by atoms with E-state index in [2.05, 4.69) is 11.8 Å². The summed E-state index contributed by atoms with van der Waals surface area (Å²) in [5.74, 6) is 0. The minimum absolute atomic E-state index is 0.165. The van der Waals surface area contributed by atoms with Crippen LogP contribution in [-0.2, 0) is 21.1 Å². The van der Waals surface area contributed by atoms with Crippen molar-refractivity contribution in [3.8, 4) is 0 Å². The monoisotopic (exact) mass is 366 g/mol. The van der Waals surface area contributed by atoms with Gasteiger partial charge in [-0.15, -0.1) is 0 Å². The Bertz CT molecular complexity index is 709. The summed E-state index contributed by atoms with van der Waals surface area (Å²) in [6, 6.07) is 7.59. The van der Waals surface area contributed by atoms with Crippen LogP contribution in [0.2, 0.25) is 0 Å². The fraction of sp³-hybridized carbons (Fsp3) is 0.611. The SMILES string of the molecule is CCC1COC(=O)N1C1CCN(Cc2ccc(S(C)(=O)=O)cc2)CC1. The van der Waals surface area contributed by atoms with Gasteiger partial charge >= 0.3 is 6.09 Å². The number of amides is 1. The van der Waals surface area contributed by atoms with Gasteiger partial charge in [0.15, 0.2) is 9.84 Å². The minimum Gasteiger partial charge on any atom is -0.447 e. The summed E-state index contributed by atoms with van der Waals surface area (Å²) < 4.78 is 28.2. The van der Waals surface area contributed by atoms with Crippen molar-refractivity contribution in [2.24, 2.45) is 0 Å². The third-order valence-corrected chi connectivity index (χ3v) is 6.31. The number of hydrogen-bond donors (Lipinski definition) is 0. The molecule has 0 spiro atoms. The van der Waals surface area contributed by atoms with E-state index in [4.69, 9.17) is 4.74 Å². The van der Waals surface area contributed by atoms with Crippen molar-refractivity contribution in [2.75, 3.05) is 26.0 Å². The van der Waals surface area contributed by atoms with Gasteiger partial charge in [-0.05, 0) is 37.0 Å². The molecule has 0 saturated carbocycles. The van der Waals surface area contributed by atoms with E-state index in [9.17, 15) is 13.2 Å². The van der Waals surface area contributed by atoms with Crippen LogP contribution in [0.15, 0.2) is 29.2 Å². The molecular formula is C18H26N2O4S. The number of benzene rings is 1. The van der Waals surface area contributed by atoms with Crippen LogP contribution in [0.1, 0.15) is 31.7 Å². The van der Waals surface area contributed by atoms with Gasteiger partial charge in [0.2, 0.25) is 0 Å². The maximum atomic E-state index is 12.0. The molecule has 0 aromatic heterocycles. The topological polar surface area (TPSA) is 66.9 Å². The van der Waals surface area contributed by atoms with Crippen LogP contribution in [0.5, 0.6) is 0 Å². The van der Waals surface area contributed by atoms with E-state index in [-0.39, 0.29) is 18.2 Å². The first-order chi connectivity index (χ1) is 11.9. The van der Waals surface area contributed by atoms with Crippen molar-refractivity contribution in [3.63, 3.8) is 0 Å². The third kappa shape index (κ3) is 4.15. The Labute approximate surface area is 149 Å². The zero-order valence-electron chi connectivity index (χ0n) is 14.8. The minimum atomic E-state index is -3.15. The predicted octanol–water partition coefficient (Wildman–Crippen LogP) is 2.29. The van der Waals surface area contributed by atoms with E-state index in [0.717, 1.165) is 44.5 Å². The molecule has 7 heteroatoms. The number of hydrogen-bond acceptors (Lipinski definition) is 5. The molecule has 138 valence electrons. The molecule has 25 heavy (non-hydrogen) atoms. The molecule has 2 heterocycles. The lowest BCUT2D eigenvalue weighted by Gasteiger charge is -2.37. The summed E-state index contributed by atoms with van der Waals surface area (Å²) in [6.45, 7) is 5.27. The average molecular weight is 366 g/mol. The highest BCUT2D eigenvalue weighted by atomic mass is 32.2. The molecular weight excluding hydrogens is 340 g/mol. The summed E-state index contributed by atoms with van der Waals surface area (Å²) in [6.07, 6.45) is 3.89. The molecule has 1 atom stereocenters. The number of nitrogens with zero attached hydrogens (tertiary/aromatic N) is 2. The molecule has 1 unspecified atom stereocenters. The first-order valence-electron chi connectivity index (χ1n) is 8.85. The van der Waals surface area contributed by atoms with E-state index in [1.54, 1.807) is 12.1 Å². The van der Waals surface area contributed by atoms with Crippen molar-refractivity contribution in [2.45, 2.75) is 49.7 Å². The van der Waals surface area contributed by atoms with Gasteiger partial charge in [-0.2, -0.15) is 0 Å². The van der Waals surface area contributed by atoms with E-state index in [0.29, 0.717) is 11.5 Å². The Morgan fingerprint density at radius 2 is 1.80 bits per heavy atom. The molecule has 6 nitrogen and oxygen atoms in total. The van der Waals surface area contributed by atoms with Crippen molar-refractivity contribution in [1.82, 2.24) is 9.80 Å². The van der Waals surface area contributed by atoms with Gasteiger partial charge in [-0.1, -0.05) is 19.1 Å². The van der Waals surface area contributed by atoms with E-state index in [1.807, 2.05) is 17.0 Å². The summed E-state index contributed by atoms with van der Waals surface area (Å²) >= 11 is 0. The highest BCUT2D eigenvalue weighted by Crippen LogP contribution is 2.26. The molecule has 0 radical (unpaired) electrons. The van der Waals surface area contributed by atoms with E-state index < -0.39 is 9.84 Å². The molecule has 0 aliphatic carbocycles. The summed E-state index contributed by atoms with van der Waals surface area (Å²) in [5, 5.41) is 0. The maximum Gasteiger partial charge on any atom is 0.410 e. The second kappa shape index (κ2) is 7.33. The lowest BCUT2D eigenvalue weighted by molar-refractivity contribution is 0.103. The van der Waals surface area contributed by atoms with Gasteiger partial charge in [0, 0.05) is 31.9 Å². The Morgan fingerprint density at radius 3 is 2.36 bits per heavy atom. The number of carbonyl (C=O) groups excluding carboxylic acids is 1. The zero-order chi connectivity index (χ0) is 18.0. The van der Waals surface area contributed by atoms with Crippen LogP contribution in [0, 0.1) is 0 Å². The normalized spacial score (nSPS) is 23.0. The largest absolute Gasteiger partial charge is 0.447 e. The molecule has 2 aliphatic heterocycles. The lowest BCUT2D eigenvalue weighted by atomic mass is 10.0. The van der Waals surface area contributed by atoms with Gasteiger partial charge in [-0.25, -0.2) is 13.2 Å². The standard InChI is InChI=1S/C18H26N2O4S/c1-3-15-13-24-18(21)20(15)16-8-10-19(11-9-16)12-14-4-6-17(7-5-14)25(2,22)23/h4-7,15-16H,3,8-13H2,1-2H3. The molecule has 0 bridgehead atoms. The molecule has 1 amide bonds. The smallest absolute Gasteiger partial charge is 0.410 e. The molecule has 1 aromatic carbocycles. The number of piperidine rings is 1. The number of likely N-dealkylation sites (tertiary alicyclic amines) is 1. The molecule has 1 aromatic rings. The van der Waals surface area contributed by atoms with Crippen molar-refractivity contribution < 1.29 is 17.9 Å². The number of cyclic esters (lactones) is 1. The first kappa shape index (κ1) is 18.2. The molecule has 0 N–H and O–H groups in total. The number of carbonyl (C=O) groups is 1. The fourth-order valence-electron chi connectivity index (χ4n) is 3.69. The zero-order valence-corrected chi connectivity index (χ0v) is 15.7. The Morgan fingerprint density at radius 1 is 1.16 bits per heavy atom. The maximum absolute atomic E-state index is 12.0. The van der Waals surface area contributed by atoms with Gasteiger partial charge in [0.05, 0.1) is 10.9 Å². The highest BCUT2D eigenvalue weighted by Gasteiger charge is 2.38. The Balaban J connectivity index is 1.55. The van der Waals surface area contributed by atoms with Crippen LogP contribution >= 0.6 is 0 Å². The average Bonchev–Trinajstić information content (AvgIpc) is 2.96. The van der Waals surface area contributed by atoms with E-state index >= 15 is 0 Å². The van der Waals surface area contributed by atoms with Crippen LogP contribution in [0.4, 0.5) is 4.79 Å². The molecule has 2 fully saturated rings.